The average Bonchev–Trinajstić information content (AvgIpc) is 3.30. The summed E-state index contributed by atoms with van der Waals surface area (Å²) >= 11 is 1.26. The molecule has 2 aromatic rings. The Morgan fingerprint density at radius 1 is 1.38 bits per heavy atom. The minimum atomic E-state index is -3.07. The molecule has 206 valence electrons. The zero-order chi connectivity index (χ0) is 27.4. The van der Waals surface area contributed by atoms with Gasteiger partial charge in [-0.15, -0.1) is 11.3 Å². The molecule has 0 bridgehead atoms. The number of hydrogen-bond donors (Lipinski definition) is 4. The van der Waals surface area contributed by atoms with Crippen molar-refractivity contribution in [2.24, 2.45) is 5.92 Å². The SMILES string of the molecule is CC1CCCNC1.CO.Cc1cnc(NC(=O)N(C)C2CN(c3nccc(NC=O)n3)CCC2(F)F)s1. The van der Waals surface area contributed by atoms with Gasteiger partial charge < -0.3 is 25.5 Å². The van der Waals surface area contributed by atoms with E-state index < -0.39 is 24.4 Å². The first-order valence-electron chi connectivity index (χ1n) is 12.0. The number of aromatic nitrogens is 3. The number of nitrogens with one attached hydrogen (secondary N) is 3. The number of carbonyl (C=O) groups excluding carboxylic acids is 2. The minimum Gasteiger partial charge on any atom is -0.400 e. The number of aliphatic hydroxyl groups is 1. The Kier molecular flexibility index (Phi) is 12.0. The molecule has 4 N–H and O–H groups in total. The second-order valence-corrected chi connectivity index (χ2v) is 9.98. The van der Waals surface area contributed by atoms with Crippen LogP contribution in [0.15, 0.2) is 18.5 Å². The Hall–Kier alpha value is -2.97. The Labute approximate surface area is 219 Å². The van der Waals surface area contributed by atoms with E-state index >= 15 is 0 Å². The van der Waals surface area contributed by atoms with Gasteiger partial charge in [-0.05, 0) is 44.8 Å². The number of hydrogen-bond acceptors (Lipinski definition) is 9. The summed E-state index contributed by atoms with van der Waals surface area (Å²) in [5, 5.41) is 15.6. The normalized spacial score (nSPS) is 20.4. The number of nitrogens with zero attached hydrogens (tertiary/aromatic N) is 5. The van der Waals surface area contributed by atoms with E-state index in [9.17, 15) is 18.4 Å². The van der Waals surface area contributed by atoms with Crippen LogP contribution < -0.4 is 20.9 Å². The Morgan fingerprint density at radius 3 is 2.70 bits per heavy atom. The molecule has 4 rings (SSSR count). The van der Waals surface area contributed by atoms with Crippen LogP contribution in [0.4, 0.5) is 30.5 Å². The maximum absolute atomic E-state index is 14.6. The molecular weight excluding hydrogens is 506 g/mol. The summed E-state index contributed by atoms with van der Waals surface area (Å²) in [6.45, 7) is 6.47. The van der Waals surface area contributed by atoms with Gasteiger partial charge in [0.15, 0.2) is 5.13 Å². The summed E-state index contributed by atoms with van der Waals surface area (Å²) in [6.07, 6.45) is 5.83. The predicted molar refractivity (Wildman–Crippen MR) is 140 cm³/mol. The number of rotatable bonds is 5. The van der Waals surface area contributed by atoms with Crippen molar-refractivity contribution in [3.63, 3.8) is 0 Å². The molecule has 14 heteroatoms. The number of carbonyl (C=O) groups is 2. The second kappa shape index (κ2) is 14.7. The zero-order valence-electron chi connectivity index (χ0n) is 21.6. The van der Waals surface area contributed by atoms with E-state index in [-0.39, 0.29) is 24.9 Å². The van der Waals surface area contributed by atoms with Crippen molar-refractivity contribution >= 4 is 40.7 Å². The van der Waals surface area contributed by atoms with Crippen LogP contribution in [0.5, 0.6) is 0 Å². The van der Waals surface area contributed by atoms with Gasteiger partial charge in [-0.25, -0.2) is 23.5 Å². The number of amides is 3. The van der Waals surface area contributed by atoms with Crippen molar-refractivity contribution in [2.75, 3.05) is 55.9 Å². The van der Waals surface area contributed by atoms with E-state index in [2.05, 4.69) is 37.8 Å². The second-order valence-electron chi connectivity index (χ2n) is 8.75. The van der Waals surface area contributed by atoms with Gasteiger partial charge >= 0.3 is 6.03 Å². The van der Waals surface area contributed by atoms with Crippen molar-refractivity contribution in [1.29, 1.82) is 0 Å². The van der Waals surface area contributed by atoms with Crippen molar-refractivity contribution in [2.45, 2.75) is 45.1 Å². The Bertz CT molecular complexity index is 990. The number of anilines is 3. The molecule has 11 nitrogen and oxygen atoms in total. The molecule has 37 heavy (non-hydrogen) atoms. The Morgan fingerprint density at radius 2 is 2.14 bits per heavy atom. The lowest BCUT2D eigenvalue weighted by molar-refractivity contribution is -0.105. The maximum atomic E-state index is 14.6. The maximum Gasteiger partial charge on any atom is 0.323 e. The number of piperidine rings is 2. The minimum absolute atomic E-state index is 0.0230. The van der Waals surface area contributed by atoms with E-state index in [0.717, 1.165) is 22.8 Å². The summed E-state index contributed by atoms with van der Waals surface area (Å²) in [7, 11) is 2.32. The number of aliphatic hydroxyl groups excluding tert-OH is 1. The molecule has 2 fully saturated rings. The summed E-state index contributed by atoms with van der Waals surface area (Å²) in [5.41, 5.74) is 0. The van der Waals surface area contributed by atoms with Crippen molar-refractivity contribution < 1.29 is 23.5 Å². The van der Waals surface area contributed by atoms with Crippen molar-refractivity contribution in [3.05, 3.63) is 23.3 Å². The van der Waals surface area contributed by atoms with E-state index in [4.69, 9.17) is 5.11 Å². The molecule has 0 spiro atoms. The highest BCUT2D eigenvalue weighted by Gasteiger charge is 2.48. The van der Waals surface area contributed by atoms with Gasteiger partial charge in [0.1, 0.15) is 11.9 Å². The lowest BCUT2D eigenvalue weighted by Crippen LogP contribution is -2.60. The van der Waals surface area contributed by atoms with Gasteiger partial charge in [-0.2, -0.15) is 4.98 Å². The molecule has 0 radical (unpaired) electrons. The number of urea groups is 1. The number of thiazole rings is 1. The van der Waals surface area contributed by atoms with Crippen LogP contribution in [0.1, 0.15) is 31.1 Å². The molecule has 2 atom stereocenters. The third-order valence-electron chi connectivity index (χ3n) is 5.89. The molecule has 2 aliphatic rings. The lowest BCUT2D eigenvalue weighted by Gasteiger charge is -2.42. The first-order chi connectivity index (χ1) is 17.7. The van der Waals surface area contributed by atoms with Crippen LogP contribution in [0.25, 0.3) is 0 Å². The van der Waals surface area contributed by atoms with Gasteiger partial charge in [-0.3, -0.25) is 10.1 Å². The molecule has 2 unspecified atom stereocenters. The van der Waals surface area contributed by atoms with Crippen molar-refractivity contribution in [3.8, 4) is 0 Å². The third-order valence-corrected chi connectivity index (χ3v) is 6.72. The van der Waals surface area contributed by atoms with Crippen LogP contribution >= 0.6 is 11.3 Å². The van der Waals surface area contributed by atoms with Crippen LogP contribution in [-0.4, -0.2) is 89.7 Å². The number of aryl methyl sites for hydroxylation is 1. The molecule has 2 saturated heterocycles. The number of halogens is 2. The van der Waals surface area contributed by atoms with E-state index in [0.29, 0.717) is 11.5 Å². The summed E-state index contributed by atoms with van der Waals surface area (Å²) < 4.78 is 29.1. The highest BCUT2D eigenvalue weighted by molar-refractivity contribution is 7.15. The highest BCUT2D eigenvalue weighted by Crippen LogP contribution is 2.33. The van der Waals surface area contributed by atoms with Gasteiger partial charge in [0, 0.05) is 50.9 Å². The average molecular weight is 543 g/mol. The van der Waals surface area contributed by atoms with Gasteiger partial charge in [0.2, 0.25) is 12.4 Å². The summed E-state index contributed by atoms with van der Waals surface area (Å²) in [6, 6.07) is -0.560. The van der Waals surface area contributed by atoms with E-state index in [1.807, 2.05) is 6.92 Å². The first-order valence-corrected chi connectivity index (χ1v) is 12.8. The van der Waals surface area contributed by atoms with Crippen LogP contribution in [0.3, 0.4) is 0 Å². The molecule has 0 aromatic carbocycles. The van der Waals surface area contributed by atoms with Crippen LogP contribution in [-0.2, 0) is 4.79 Å². The molecule has 4 heterocycles. The highest BCUT2D eigenvalue weighted by atomic mass is 32.1. The monoisotopic (exact) mass is 542 g/mol. The fourth-order valence-electron chi connectivity index (χ4n) is 3.87. The quantitative estimate of drug-likeness (QED) is 0.424. The smallest absolute Gasteiger partial charge is 0.323 e. The molecule has 2 aliphatic heterocycles. The van der Waals surface area contributed by atoms with Crippen LogP contribution in [0.2, 0.25) is 0 Å². The van der Waals surface area contributed by atoms with Gasteiger partial charge in [0.05, 0.1) is 0 Å². The summed E-state index contributed by atoms with van der Waals surface area (Å²) in [5.74, 6) is -1.68. The molecular formula is C23H36F2N8O3S. The van der Waals surface area contributed by atoms with E-state index in [1.54, 1.807) is 11.1 Å². The standard InChI is InChI=1S/C16H19F2N7O2S.C6H13N.CH4O/c1-10-7-20-14(28-10)23-15(27)24(2)11-8-25(6-4-16(11,17)18)13-19-5-3-12(22-13)21-9-26;1-6-3-2-4-7-5-6;1-2/h3,5,7,9,11H,4,6,8H2,1-2H3,(H,20,23,27)(H,19,21,22,26);6-7H,2-5H2,1H3;2H,1H3. The molecule has 3 amide bonds. The molecule has 0 aliphatic carbocycles. The van der Waals surface area contributed by atoms with Crippen molar-refractivity contribution in [1.82, 2.24) is 25.2 Å². The van der Waals surface area contributed by atoms with Gasteiger partial charge in [-0.1, -0.05) is 6.92 Å². The van der Waals surface area contributed by atoms with Gasteiger partial charge in [0.25, 0.3) is 5.92 Å². The zero-order valence-corrected chi connectivity index (χ0v) is 22.4. The Balaban J connectivity index is 0.000000455. The van der Waals surface area contributed by atoms with Crippen LogP contribution in [0, 0.1) is 12.8 Å². The third kappa shape index (κ3) is 9.13. The molecule has 2 aromatic heterocycles. The number of likely N-dealkylation sites (N-methyl/N-ethyl adjacent to an activating group) is 1. The fourth-order valence-corrected chi connectivity index (χ4v) is 4.53. The first kappa shape index (κ1) is 30.3. The predicted octanol–water partition coefficient (Wildman–Crippen LogP) is 2.80. The summed E-state index contributed by atoms with van der Waals surface area (Å²) in [4.78, 5) is 38.7. The number of alkyl halides is 2. The fraction of sp³-hybridized carbons (Fsp3) is 0.609. The molecule has 0 saturated carbocycles. The van der Waals surface area contributed by atoms with E-state index in [1.165, 1.54) is 56.6 Å². The topological polar surface area (TPSA) is 136 Å². The lowest BCUT2D eigenvalue weighted by atomic mass is 10.00. The largest absolute Gasteiger partial charge is 0.400 e.